The molecule has 164 valence electrons. The maximum atomic E-state index is 12.9. The van der Waals surface area contributed by atoms with E-state index in [0.29, 0.717) is 22.3 Å². The van der Waals surface area contributed by atoms with Crippen LogP contribution in [0, 0.1) is 25.2 Å². The van der Waals surface area contributed by atoms with Crippen molar-refractivity contribution in [2.75, 3.05) is 5.32 Å². The quantitative estimate of drug-likeness (QED) is 0.247. The Morgan fingerprint density at radius 3 is 2.58 bits per heavy atom. The van der Waals surface area contributed by atoms with Gasteiger partial charge < -0.3 is 9.88 Å². The minimum Gasteiger partial charge on any atom is -0.342 e. The highest BCUT2D eigenvalue weighted by atomic mass is 35.5. The summed E-state index contributed by atoms with van der Waals surface area (Å²) in [6.07, 6.45) is 3.57. The number of aromatic nitrogens is 1. The van der Waals surface area contributed by atoms with E-state index >= 15 is 0 Å². The van der Waals surface area contributed by atoms with Gasteiger partial charge in [-0.15, -0.1) is 0 Å². The van der Waals surface area contributed by atoms with Crippen LogP contribution >= 0.6 is 23.2 Å². The molecule has 1 heterocycles. The van der Waals surface area contributed by atoms with Crippen molar-refractivity contribution in [1.29, 1.82) is 5.26 Å². The van der Waals surface area contributed by atoms with Crippen molar-refractivity contribution < 1.29 is 4.79 Å². The van der Waals surface area contributed by atoms with Gasteiger partial charge in [0.05, 0.1) is 10.0 Å². The Morgan fingerprint density at radius 1 is 1.06 bits per heavy atom. The average molecular weight is 474 g/mol. The van der Waals surface area contributed by atoms with Crippen LogP contribution < -0.4 is 5.32 Å². The highest BCUT2D eigenvalue weighted by Crippen LogP contribution is 2.27. The number of carbonyl (C=O) groups excluding carboxylic acids is 1. The van der Waals surface area contributed by atoms with Crippen LogP contribution in [0.15, 0.2) is 72.4 Å². The Balaban J connectivity index is 1.68. The second-order valence-corrected chi connectivity index (χ2v) is 8.73. The molecule has 4 aromatic rings. The highest BCUT2D eigenvalue weighted by Gasteiger charge is 2.14. The number of nitriles is 1. The molecule has 4 nitrogen and oxygen atoms in total. The first kappa shape index (κ1) is 22.7. The van der Waals surface area contributed by atoms with Crippen LogP contribution in [0.1, 0.15) is 22.3 Å². The van der Waals surface area contributed by atoms with E-state index in [-0.39, 0.29) is 5.57 Å². The van der Waals surface area contributed by atoms with Gasteiger partial charge in [0, 0.05) is 34.9 Å². The minimum atomic E-state index is -0.439. The first-order chi connectivity index (χ1) is 15.9. The summed E-state index contributed by atoms with van der Waals surface area (Å²) in [6, 6.07) is 21.2. The van der Waals surface area contributed by atoms with Crippen molar-refractivity contribution in [3.05, 3.63) is 105 Å². The summed E-state index contributed by atoms with van der Waals surface area (Å²) in [5, 5.41) is 14.5. The SMILES string of the molecule is Cc1ccc(NC(=O)/C(C#N)=C/c2cn(Cc3ccc(Cl)c(Cl)c3)c3ccccc23)c(C)c1. The molecule has 0 aliphatic rings. The summed E-state index contributed by atoms with van der Waals surface area (Å²) in [4.78, 5) is 12.9. The van der Waals surface area contributed by atoms with E-state index in [4.69, 9.17) is 23.2 Å². The van der Waals surface area contributed by atoms with Crippen LogP contribution in [0.25, 0.3) is 17.0 Å². The van der Waals surface area contributed by atoms with Gasteiger partial charge in [-0.05, 0) is 55.3 Å². The van der Waals surface area contributed by atoms with Crippen molar-refractivity contribution in [3.63, 3.8) is 0 Å². The zero-order valence-electron chi connectivity index (χ0n) is 18.2. The predicted molar refractivity (Wildman–Crippen MR) is 136 cm³/mol. The molecule has 0 fully saturated rings. The summed E-state index contributed by atoms with van der Waals surface area (Å²) in [7, 11) is 0. The van der Waals surface area contributed by atoms with E-state index in [0.717, 1.165) is 33.2 Å². The van der Waals surface area contributed by atoms with Crippen LogP contribution in [0.3, 0.4) is 0 Å². The predicted octanol–water partition coefficient (Wildman–Crippen LogP) is 7.16. The van der Waals surface area contributed by atoms with Gasteiger partial charge in [-0.1, -0.05) is 65.2 Å². The van der Waals surface area contributed by atoms with Gasteiger partial charge in [0.15, 0.2) is 0 Å². The number of aryl methyl sites for hydroxylation is 2. The smallest absolute Gasteiger partial charge is 0.266 e. The summed E-state index contributed by atoms with van der Waals surface area (Å²) in [5.74, 6) is -0.439. The lowest BCUT2D eigenvalue weighted by Crippen LogP contribution is -2.14. The number of hydrogen-bond acceptors (Lipinski definition) is 2. The number of nitrogens with one attached hydrogen (secondary N) is 1. The third kappa shape index (κ3) is 4.96. The van der Waals surface area contributed by atoms with Crippen molar-refractivity contribution in [2.45, 2.75) is 20.4 Å². The Labute approximate surface area is 202 Å². The summed E-state index contributed by atoms with van der Waals surface area (Å²) in [6.45, 7) is 4.49. The molecule has 3 aromatic carbocycles. The first-order valence-electron chi connectivity index (χ1n) is 10.4. The van der Waals surface area contributed by atoms with Gasteiger partial charge in [0.25, 0.3) is 5.91 Å². The third-order valence-corrected chi connectivity index (χ3v) is 6.19. The molecule has 0 unspecified atom stereocenters. The Bertz CT molecular complexity index is 1440. The van der Waals surface area contributed by atoms with Gasteiger partial charge in [0.1, 0.15) is 11.6 Å². The lowest BCUT2D eigenvalue weighted by molar-refractivity contribution is -0.112. The number of carbonyl (C=O) groups is 1. The first-order valence-corrected chi connectivity index (χ1v) is 11.1. The number of benzene rings is 3. The maximum absolute atomic E-state index is 12.9. The van der Waals surface area contributed by atoms with E-state index in [2.05, 4.69) is 9.88 Å². The van der Waals surface area contributed by atoms with E-state index in [1.807, 2.05) is 80.7 Å². The Hall–Kier alpha value is -3.52. The maximum Gasteiger partial charge on any atom is 0.266 e. The fourth-order valence-electron chi connectivity index (χ4n) is 3.80. The zero-order chi connectivity index (χ0) is 23.5. The second kappa shape index (κ2) is 9.54. The summed E-state index contributed by atoms with van der Waals surface area (Å²) >= 11 is 12.2. The summed E-state index contributed by atoms with van der Waals surface area (Å²) in [5.41, 5.74) is 5.55. The molecule has 0 atom stereocenters. The zero-order valence-corrected chi connectivity index (χ0v) is 19.7. The molecule has 1 aromatic heterocycles. The average Bonchev–Trinajstić information content (AvgIpc) is 3.13. The van der Waals surface area contributed by atoms with Crippen molar-refractivity contribution >= 4 is 51.8 Å². The topological polar surface area (TPSA) is 57.8 Å². The number of amides is 1. The van der Waals surface area contributed by atoms with Gasteiger partial charge in [0.2, 0.25) is 0 Å². The number of para-hydroxylation sites is 1. The highest BCUT2D eigenvalue weighted by molar-refractivity contribution is 6.42. The molecule has 0 radical (unpaired) electrons. The number of halogens is 2. The normalized spacial score (nSPS) is 11.4. The standard InChI is InChI=1S/C27H21Cl2N3O/c1-17-7-10-25(18(2)11-17)31-27(33)20(14-30)13-21-16-32(26-6-4-3-5-22(21)26)15-19-8-9-23(28)24(29)12-19/h3-13,16H,15H2,1-2H3,(H,31,33)/b20-13+. The Kier molecular flexibility index (Phi) is 6.55. The lowest BCUT2D eigenvalue weighted by atomic mass is 10.1. The molecule has 0 spiro atoms. The van der Waals surface area contributed by atoms with Gasteiger partial charge in [-0.3, -0.25) is 4.79 Å². The van der Waals surface area contributed by atoms with E-state index in [1.165, 1.54) is 0 Å². The summed E-state index contributed by atoms with van der Waals surface area (Å²) < 4.78 is 2.07. The van der Waals surface area contributed by atoms with Crippen LogP contribution in [0.5, 0.6) is 0 Å². The van der Waals surface area contributed by atoms with Crippen LogP contribution in [0.4, 0.5) is 5.69 Å². The fraction of sp³-hybridized carbons (Fsp3) is 0.111. The van der Waals surface area contributed by atoms with E-state index in [1.54, 1.807) is 12.1 Å². The number of rotatable bonds is 5. The minimum absolute atomic E-state index is 0.0346. The molecular weight excluding hydrogens is 453 g/mol. The van der Waals surface area contributed by atoms with Gasteiger partial charge in [-0.2, -0.15) is 5.26 Å². The third-order valence-electron chi connectivity index (χ3n) is 5.45. The monoisotopic (exact) mass is 473 g/mol. The van der Waals surface area contributed by atoms with Crippen LogP contribution in [-0.2, 0) is 11.3 Å². The molecule has 6 heteroatoms. The van der Waals surface area contributed by atoms with E-state index in [9.17, 15) is 10.1 Å². The van der Waals surface area contributed by atoms with Gasteiger partial charge in [-0.25, -0.2) is 0 Å². The number of anilines is 1. The van der Waals surface area contributed by atoms with Crippen LogP contribution in [-0.4, -0.2) is 10.5 Å². The molecule has 0 bridgehead atoms. The molecule has 1 amide bonds. The molecular formula is C27H21Cl2N3O. The molecule has 0 saturated heterocycles. The van der Waals surface area contributed by atoms with Crippen molar-refractivity contribution in [1.82, 2.24) is 4.57 Å². The lowest BCUT2D eigenvalue weighted by Gasteiger charge is -2.08. The largest absolute Gasteiger partial charge is 0.342 e. The molecule has 1 N–H and O–H groups in total. The Morgan fingerprint density at radius 2 is 1.85 bits per heavy atom. The van der Waals surface area contributed by atoms with E-state index < -0.39 is 5.91 Å². The molecule has 0 aliphatic carbocycles. The molecule has 4 rings (SSSR count). The van der Waals surface area contributed by atoms with Crippen molar-refractivity contribution in [3.8, 4) is 6.07 Å². The molecule has 33 heavy (non-hydrogen) atoms. The fourth-order valence-corrected chi connectivity index (χ4v) is 4.12. The number of fused-ring (bicyclic) bond motifs is 1. The van der Waals surface area contributed by atoms with Crippen LogP contribution in [0.2, 0.25) is 10.0 Å². The van der Waals surface area contributed by atoms with Crippen molar-refractivity contribution in [2.24, 2.45) is 0 Å². The number of hydrogen-bond donors (Lipinski definition) is 1. The van der Waals surface area contributed by atoms with Gasteiger partial charge >= 0.3 is 0 Å². The number of nitrogens with zero attached hydrogens (tertiary/aromatic N) is 2. The molecule has 0 saturated carbocycles. The second-order valence-electron chi connectivity index (χ2n) is 7.92. The molecule has 0 aliphatic heterocycles.